The molecule has 2 aliphatic heterocycles. The van der Waals surface area contributed by atoms with Gasteiger partial charge < -0.3 is 9.84 Å². The lowest BCUT2D eigenvalue weighted by atomic mass is 9.49. The summed E-state index contributed by atoms with van der Waals surface area (Å²) in [5, 5.41) is 10.4. The molecule has 1 spiro atoms. The fraction of sp³-hybridized carbons (Fsp3) is 0.682. The highest BCUT2D eigenvalue weighted by Gasteiger charge is 2.67. The SMILES string of the molecule is CC1CC(=O)C2Oc3c(O)ccc4c3[C@@]23CCN(CC2CCC2)[C@H](C4)[C@H]13.Cl. The number of carbonyl (C=O) groups is 1. The lowest BCUT2D eigenvalue weighted by Crippen LogP contribution is -2.68. The molecule has 2 heterocycles. The maximum Gasteiger partial charge on any atom is 0.174 e. The first-order valence-corrected chi connectivity index (χ1v) is 10.4. The van der Waals surface area contributed by atoms with Crippen LogP contribution in [-0.4, -0.2) is 41.0 Å². The average Bonchev–Trinajstić information content (AvgIpc) is 2.92. The molecular weight excluding hydrogens is 362 g/mol. The predicted octanol–water partition coefficient (Wildman–Crippen LogP) is 3.47. The monoisotopic (exact) mass is 389 g/mol. The number of ketones is 1. The Morgan fingerprint density at radius 3 is 2.85 bits per heavy atom. The van der Waals surface area contributed by atoms with Crippen LogP contribution in [-0.2, 0) is 16.6 Å². The van der Waals surface area contributed by atoms with E-state index in [-0.39, 0.29) is 35.5 Å². The van der Waals surface area contributed by atoms with E-state index in [1.165, 1.54) is 36.9 Å². The van der Waals surface area contributed by atoms with Gasteiger partial charge >= 0.3 is 0 Å². The van der Waals surface area contributed by atoms with Gasteiger partial charge in [0.15, 0.2) is 23.4 Å². The predicted molar refractivity (Wildman–Crippen MR) is 105 cm³/mol. The Labute approximate surface area is 166 Å². The zero-order valence-corrected chi connectivity index (χ0v) is 16.6. The number of phenolic OH excluding ortho intramolecular Hbond substituents is 1. The van der Waals surface area contributed by atoms with Crippen LogP contribution in [0.2, 0.25) is 0 Å². The number of halogens is 1. The van der Waals surface area contributed by atoms with Gasteiger partial charge in [0, 0.05) is 30.0 Å². The van der Waals surface area contributed by atoms with Crippen molar-refractivity contribution in [2.45, 2.75) is 63.0 Å². The third-order valence-corrected chi connectivity index (χ3v) is 8.26. The van der Waals surface area contributed by atoms with Crippen molar-refractivity contribution in [2.75, 3.05) is 13.1 Å². The number of phenols is 1. The Bertz CT molecular complexity index is 807. The fourth-order valence-electron chi connectivity index (χ4n) is 7.10. The summed E-state index contributed by atoms with van der Waals surface area (Å²) in [6.07, 6.45) is 6.43. The molecular formula is C22H28ClNO3. The highest BCUT2D eigenvalue weighted by molar-refractivity contribution is 5.89. The second-order valence-corrected chi connectivity index (χ2v) is 9.47. The Morgan fingerprint density at radius 1 is 1.30 bits per heavy atom. The summed E-state index contributed by atoms with van der Waals surface area (Å²) in [5.41, 5.74) is 2.30. The summed E-state index contributed by atoms with van der Waals surface area (Å²) in [6, 6.07) is 4.37. The lowest BCUT2D eigenvalue weighted by molar-refractivity contribution is -0.144. The number of carbonyl (C=O) groups excluding carboxylic acids is 1. The van der Waals surface area contributed by atoms with Crippen LogP contribution in [0.4, 0.5) is 0 Å². The molecule has 146 valence electrons. The first-order valence-electron chi connectivity index (χ1n) is 10.4. The van der Waals surface area contributed by atoms with Gasteiger partial charge in [-0.05, 0) is 61.6 Å². The number of nitrogens with zero attached hydrogens (tertiary/aromatic N) is 1. The number of rotatable bonds is 2. The van der Waals surface area contributed by atoms with Crippen molar-refractivity contribution in [3.63, 3.8) is 0 Å². The van der Waals surface area contributed by atoms with Crippen molar-refractivity contribution in [3.8, 4) is 11.5 Å². The molecule has 6 rings (SSSR count). The molecule has 1 aromatic rings. The zero-order chi connectivity index (χ0) is 17.6. The highest BCUT2D eigenvalue weighted by Crippen LogP contribution is 2.64. The Morgan fingerprint density at radius 2 is 2.11 bits per heavy atom. The minimum Gasteiger partial charge on any atom is -0.504 e. The van der Waals surface area contributed by atoms with E-state index in [0.29, 0.717) is 30.0 Å². The number of ether oxygens (including phenoxy) is 1. The molecule has 5 heteroatoms. The van der Waals surface area contributed by atoms with Crippen molar-refractivity contribution in [2.24, 2.45) is 17.8 Å². The molecule has 0 amide bonds. The van der Waals surface area contributed by atoms with Crippen LogP contribution in [0.25, 0.3) is 0 Å². The van der Waals surface area contributed by atoms with Gasteiger partial charge in [0.1, 0.15) is 0 Å². The van der Waals surface area contributed by atoms with E-state index in [1.807, 2.05) is 0 Å². The van der Waals surface area contributed by atoms with Crippen LogP contribution in [0.15, 0.2) is 12.1 Å². The van der Waals surface area contributed by atoms with E-state index in [9.17, 15) is 9.90 Å². The van der Waals surface area contributed by atoms with E-state index in [0.717, 1.165) is 25.3 Å². The third-order valence-electron chi connectivity index (χ3n) is 8.26. The Hall–Kier alpha value is -1.26. The number of hydrogen-bond acceptors (Lipinski definition) is 4. The van der Waals surface area contributed by atoms with Gasteiger partial charge in [0.25, 0.3) is 0 Å². The number of aromatic hydroxyl groups is 1. The largest absolute Gasteiger partial charge is 0.504 e. The van der Waals surface area contributed by atoms with Crippen LogP contribution in [0, 0.1) is 17.8 Å². The molecule has 3 aliphatic carbocycles. The van der Waals surface area contributed by atoms with Crippen LogP contribution >= 0.6 is 12.4 Å². The zero-order valence-electron chi connectivity index (χ0n) is 15.8. The third kappa shape index (κ3) is 2.12. The van der Waals surface area contributed by atoms with E-state index in [4.69, 9.17) is 4.74 Å². The quantitative estimate of drug-likeness (QED) is 0.841. The van der Waals surface area contributed by atoms with Gasteiger partial charge in [-0.15, -0.1) is 12.4 Å². The van der Waals surface area contributed by atoms with Gasteiger partial charge in [-0.3, -0.25) is 9.69 Å². The molecule has 4 nitrogen and oxygen atoms in total. The van der Waals surface area contributed by atoms with Gasteiger partial charge in [0.2, 0.25) is 0 Å². The summed E-state index contributed by atoms with van der Waals surface area (Å²) in [5.74, 6) is 2.79. The standard InChI is InChI=1S/C22H27NO3.ClH/c1-12-9-17(25)21-22-7-8-23(11-13-3-2-4-13)15(18(12)22)10-14-5-6-16(24)20(26-21)19(14)22;/h5-6,12-13,15,18,21,24H,2-4,7-11H2,1H3;1H/t12?,15-,18+,21?,22+;/m1./s1. The molecule has 3 fully saturated rings. The number of benzene rings is 1. The number of Topliss-reactive ketones (excluding diaryl/α,β-unsaturated/α-hetero) is 1. The Balaban J connectivity index is 0.00000160. The van der Waals surface area contributed by atoms with Crippen molar-refractivity contribution >= 4 is 18.2 Å². The van der Waals surface area contributed by atoms with Crippen LogP contribution in [0.5, 0.6) is 11.5 Å². The van der Waals surface area contributed by atoms with Gasteiger partial charge in [0.05, 0.1) is 0 Å². The molecule has 1 N–H and O–H groups in total. The molecule has 2 bridgehead atoms. The summed E-state index contributed by atoms with van der Waals surface area (Å²) < 4.78 is 6.20. The van der Waals surface area contributed by atoms with Crippen LogP contribution in [0.3, 0.4) is 0 Å². The van der Waals surface area contributed by atoms with Crippen molar-refractivity contribution in [1.29, 1.82) is 0 Å². The number of likely N-dealkylation sites (tertiary alicyclic amines) is 1. The molecule has 0 aromatic heterocycles. The Kier molecular flexibility index (Phi) is 3.87. The lowest BCUT2D eigenvalue weighted by Gasteiger charge is -2.60. The normalized spacial score (nSPS) is 39.2. The van der Waals surface area contributed by atoms with E-state index < -0.39 is 0 Å². The summed E-state index contributed by atoms with van der Waals surface area (Å²) in [6.45, 7) is 4.56. The molecule has 5 atom stereocenters. The van der Waals surface area contributed by atoms with Gasteiger partial charge in [-0.2, -0.15) is 0 Å². The summed E-state index contributed by atoms with van der Waals surface area (Å²) in [7, 11) is 0. The molecule has 2 saturated carbocycles. The van der Waals surface area contributed by atoms with E-state index >= 15 is 0 Å². The van der Waals surface area contributed by atoms with E-state index in [2.05, 4.69) is 17.9 Å². The molecule has 5 aliphatic rings. The van der Waals surface area contributed by atoms with Crippen molar-refractivity contribution in [3.05, 3.63) is 23.3 Å². The van der Waals surface area contributed by atoms with Gasteiger partial charge in [-0.1, -0.05) is 19.4 Å². The van der Waals surface area contributed by atoms with Crippen LogP contribution in [0.1, 0.15) is 50.2 Å². The number of piperidine rings is 1. The minimum absolute atomic E-state index is 0. The minimum atomic E-state index is -0.376. The second-order valence-electron chi connectivity index (χ2n) is 9.47. The molecule has 27 heavy (non-hydrogen) atoms. The molecule has 1 aromatic carbocycles. The molecule has 2 unspecified atom stereocenters. The van der Waals surface area contributed by atoms with Crippen molar-refractivity contribution in [1.82, 2.24) is 4.90 Å². The number of hydrogen-bond donors (Lipinski definition) is 1. The maximum atomic E-state index is 12.9. The van der Waals surface area contributed by atoms with E-state index in [1.54, 1.807) is 6.07 Å². The van der Waals surface area contributed by atoms with Crippen LogP contribution < -0.4 is 4.74 Å². The topological polar surface area (TPSA) is 49.8 Å². The second kappa shape index (κ2) is 5.87. The molecule has 0 radical (unpaired) electrons. The van der Waals surface area contributed by atoms with Gasteiger partial charge in [-0.25, -0.2) is 0 Å². The smallest absolute Gasteiger partial charge is 0.174 e. The average molecular weight is 390 g/mol. The van der Waals surface area contributed by atoms with Crippen molar-refractivity contribution < 1.29 is 14.6 Å². The fourth-order valence-corrected chi connectivity index (χ4v) is 7.10. The highest BCUT2D eigenvalue weighted by atomic mass is 35.5. The molecule has 1 saturated heterocycles. The first kappa shape index (κ1) is 17.8. The summed E-state index contributed by atoms with van der Waals surface area (Å²) >= 11 is 0. The first-order chi connectivity index (χ1) is 12.6. The maximum absolute atomic E-state index is 12.9. The summed E-state index contributed by atoms with van der Waals surface area (Å²) in [4.78, 5) is 15.7.